The van der Waals surface area contributed by atoms with E-state index in [2.05, 4.69) is 0 Å². The van der Waals surface area contributed by atoms with E-state index in [0.717, 1.165) is 0 Å². The molecular formula is C9H13ClFN. The van der Waals surface area contributed by atoms with Crippen molar-refractivity contribution in [2.45, 2.75) is 13.3 Å². The standard InChI is InChI=1S/C9H12FN.ClH/c1-7-3-2-4-8(5-6-11)9(7)10;/h2-4H,5-6,11H2,1H3;1H. The minimum Gasteiger partial charge on any atom is -0.330 e. The quantitative estimate of drug-likeness (QED) is 0.758. The highest BCUT2D eigenvalue weighted by molar-refractivity contribution is 5.85. The molecule has 12 heavy (non-hydrogen) atoms. The molecule has 0 saturated carbocycles. The highest BCUT2D eigenvalue weighted by atomic mass is 35.5. The van der Waals surface area contributed by atoms with Crippen molar-refractivity contribution in [3.05, 3.63) is 35.1 Å². The maximum Gasteiger partial charge on any atom is 0.129 e. The van der Waals surface area contributed by atoms with Crippen molar-refractivity contribution in [1.82, 2.24) is 0 Å². The Morgan fingerprint density at radius 2 is 2.08 bits per heavy atom. The van der Waals surface area contributed by atoms with E-state index in [-0.39, 0.29) is 18.2 Å². The van der Waals surface area contributed by atoms with Crippen LogP contribution in [0, 0.1) is 12.7 Å². The smallest absolute Gasteiger partial charge is 0.129 e. The summed E-state index contributed by atoms with van der Waals surface area (Å²) in [4.78, 5) is 0. The van der Waals surface area contributed by atoms with Crippen LogP contribution in [-0.2, 0) is 6.42 Å². The maximum atomic E-state index is 13.1. The van der Waals surface area contributed by atoms with Crippen LogP contribution in [0.25, 0.3) is 0 Å². The minimum atomic E-state index is -0.113. The Bertz CT molecular complexity index is 250. The lowest BCUT2D eigenvalue weighted by molar-refractivity contribution is 0.600. The predicted molar refractivity (Wildman–Crippen MR) is 51.1 cm³/mol. The molecule has 1 rings (SSSR count). The fourth-order valence-corrected chi connectivity index (χ4v) is 1.06. The summed E-state index contributed by atoms with van der Waals surface area (Å²) in [5.74, 6) is -0.113. The van der Waals surface area contributed by atoms with Crippen LogP contribution in [0.4, 0.5) is 4.39 Å². The van der Waals surface area contributed by atoms with Crippen LogP contribution < -0.4 is 5.73 Å². The third-order valence-corrected chi connectivity index (χ3v) is 1.69. The second-order valence-corrected chi connectivity index (χ2v) is 2.59. The lowest BCUT2D eigenvalue weighted by Gasteiger charge is -2.02. The molecule has 2 N–H and O–H groups in total. The van der Waals surface area contributed by atoms with Crippen LogP contribution in [0.1, 0.15) is 11.1 Å². The van der Waals surface area contributed by atoms with Crippen LogP contribution in [0.5, 0.6) is 0 Å². The zero-order valence-electron chi connectivity index (χ0n) is 7.01. The van der Waals surface area contributed by atoms with Crippen LogP contribution in [0.2, 0.25) is 0 Å². The summed E-state index contributed by atoms with van der Waals surface area (Å²) < 4.78 is 13.1. The lowest BCUT2D eigenvalue weighted by atomic mass is 10.1. The predicted octanol–water partition coefficient (Wildman–Crippen LogP) is 2.06. The molecule has 0 aliphatic heterocycles. The molecule has 0 aliphatic rings. The number of halogens is 2. The third-order valence-electron chi connectivity index (χ3n) is 1.69. The largest absolute Gasteiger partial charge is 0.330 e. The molecule has 68 valence electrons. The van der Waals surface area contributed by atoms with Gasteiger partial charge >= 0.3 is 0 Å². The van der Waals surface area contributed by atoms with Crippen molar-refractivity contribution in [2.75, 3.05) is 6.54 Å². The van der Waals surface area contributed by atoms with E-state index in [0.29, 0.717) is 24.1 Å². The van der Waals surface area contributed by atoms with Crippen LogP contribution in [0.3, 0.4) is 0 Å². The normalized spacial score (nSPS) is 9.25. The lowest BCUT2D eigenvalue weighted by Crippen LogP contribution is -2.04. The van der Waals surface area contributed by atoms with Gasteiger partial charge in [0.1, 0.15) is 5.82 Å². The second-order valence-electron chi connectivity index (χ2n) is 2.59. The molecule has 0 unspecified atom stereocenters. The molecule has 0 spiro atoms. The van der Waals surface area contributed by atoms with E-state index in [1.165, 1.54) is 0 Å². The third kappa shape index (κ3) is 2.47. The number of hydrogen-bond donors (Lipinski definition) is 1. The Morgan fingerprint density at radius 3 is 2.67 bits per heavy atom. The van der Waals surface area contributed by atoms with Crippen molar-refractivity contribution >= 4 is 12.4 Å². The highest BCUT2D eigenvalue weighted by Gasteiger charge is 2.01. The van der Waals surface area contributed by atoms with Crippen LogP contribution >= 0.6 is 12.4 Å². The Kier molecular flexibility index (Phi) is 4.86. The first kappa shape index (κ1) is 11.4. The second kappa shape index (κ2) is 5.12. The number of rotatable bonds is 2. The Morgan fingerprint density at radius 1 is 1.42 bits per heavy atom. The van der Waals surface area contributed by atoms with Gasteiger partial charge in [-0.2, -0.15) is 0 Å². The van der Waals surface area contributed by atoms with Crippen LogP contribution in [0.15, 0.2) is 18.2 Å². The maximum absolute atomic E-state index is 13.1. The summed E-state index contributed by atoms with van der Waals surface area (Å²) in [5.41, 5.74) is 6.72. The first-order valence-corrected chi connectivity index (χ1v) is 3.69. The monoisotopic (exact) mass is 189 g/mol. The van der Waals surface area contributed by atoms with E-state index < -0.39 is 0 Å². The van der Waals surface area contributed by atoms with Gasteiger partial charge in [-0.15, -0.1) is 12.4 Å². The van der Waals surface area contributed by atoms with Gasteiger partial charge in [0.25, 0.3) is 0 Å². The summed E-state index contributed by atoms with van der Waals surface area (Å²) in [6.07, 6.45) is 0.619. The van der Waals surface area contributed by atoms with Gasteiger partial charge < -0.3 is 5.73 Å². The summed E-state index contributed by atoms with van der Waals surface area (Å²) in [6, 6.07) is 5.38. The fourth-order valence-electron chi connectivity index (χ4n) is 1.06. The molecular weight excluding hydrogens is 177 g/mol. The van der Waals surface area contributed by atoms with E-state index >= 15 is 0 Å². The number of aryl methyl sites for hydroxylation is 1. The topological polar surface area (TPSA) is 26.0 Å². The molecule has 0 saturated heterocycles. The van der Waals surface area contributed by atoms with E-state index in [1.807, 2.05) is 6.07 Å². The average Bonchev–Trinajstić information content (AvgIpc) is 1.99. The molecule has 0 atom stereocenters. The number of hydrogen-bond acceptors (Lipinski definition) is 1. The van der Waals surface area contributed by atoms with Gasteiger partial charge in [0.2, 0.25) is 0 Å². The van der Waals surface area contributed by atoms with Crippen molar-refractivity contribution < 1.29 is 4.39 Å². The van der Waals surface area contributed by atoms with Crippen molar-refractivity contribution in [3.8, 4) is 0 Å². The van der Waals surface area contributed by atoms with Gasteiger partial charge in [-0.1, -0.05) is 18.2 Å². The Hall–Kier alpha value is -0.600. The molecule has 0 fully saturated rings. The highest BCUT2D eigenvalue weighted by Crippen LogP contribution is 2.11. The molecule has 0 bridgehead atoms. The minimum absolute atomic E-state index is 0. The van der Waals surface area contributed by atoms with Crippen molar-refractivity contribution in [3.63, 3.8) is 0 Å². The molecule has 0 radical (unpaired) electrons. The van der Waals surface area contributed by atoms with Crippen molar-refractivity contribution in [2.24, 2.45) is 5.73 Å². The van der Waals surface area contributed by atoms with Crippen molar-refractivity contribution in [1.29, 1.82) is 0 Å². The van der Waals surface area contributed by atoms with Gasteiger partial charge in [-0.25, -0.2) is 4.39 Å². The molecule has 0 aliphatic carbocycles. The zero-order chi connectivity index (χ0) is 8.27. The summed E-state index contributed by atoms with van der Waals surface area (Å²) >= 11 is 0. The SMILES string of the molecule is Cc1cccc(CCN)c1F.Cl. The number of nitrogens with two attached hydrogens (primary N) is 1. The summed E-state index contributed by atoms with van der Waals surface area (Å²) in [7, 11) is 0. The molecule has 1 nitrogen and oxygen atoms in total. The molecule has 1 aromatic rings. The van der Waals surface area contributed by atoms with Crippen LogP contribution in [-0.4, -0.2) is 6.54 Å². The van der Waals surface area contributed by atoms with Gasteiger partial charge in [0.15, 0.2) is 0 Å². The van der Waals surface area contributed by atoms with E-state index in [4.69, 9.17) is 5.73 Å². The Labute approximate surface area is 78.2 Å². The molecule has 0 amide bonds. The number of benzene rings is 1. The van der Waals surface area contributed by atoms with Gasteiger partial charge in [-0.3, -0.25) is 0 Å². The van der Waals surface area contributed by atoms with E-state index in [1.54, 1.807) is 19.1 Å². The summed E-state index contributed by atoms with van der Waals surface area (Å²) in [5, 5.41) is 0. The molecule has 3 heteroatoms. The first-order chi connectivity index (χ1) is 5.25. The van der Waals surface area contributed by atoms with Gasteiger partial charge in [0.05, 0.1) is 0 Å². The molecule has 1 aromatic carbocycles. The fraction of sp³-hybridized carbons (Fsp3) is 0.333. The average molecular weight is 190 g/mol. The molecule has 0 heterocycles. The van der Waals surface area contributed by atoms with Gasteiger partial charge in [-0.05, 0) is 31.0 Å². The van der Waals surface area contributed by atoms with E-state index in [9.17, 15) is 4.39 Å². The molecule has 0 aromatic heterocycles. The summed E-state index contributed by atoms with van der Waals surface area (Å²) in [6.45, 7) is 2.26. The Balaban J connectivity index is 0.00000121. The van der Waals surface area contributed by atoms with Gasteiger partial charge in [0, 0.05) is 0 Å². The zero-order valence-corrected chi connectivity index (χ0v) is 7.83. The first-order valence-electron chi connectivity index (χ1n) is 3.69.